The summed E-state index contributed by atoms with van der Waals surface area (Å²) in [4.78, 5) is 21.6. The van der Waals surface area contributed by atoms with Crippen molar-refractivity contribution in [3.8, 4) is 0 Å². The number of esters is 1. The summed E-state index contributed by atoms with van der Waals surface area (Å²) in [6.45, 7) is 9.11. The highest BCUT2D eigenvalue weighted by Crippen LogP contribution is 2.82. The number of carbonyl (C=O) groups excluding carboxylic acids is 1. The Labute approximate surface area is 189 Å². The van der Waals surface area contributed by atoms with E-state index in [0.29, 0.717) is 31.5 Å². The summed E-state index contributed by atoms with van der Waals surface area (Å²) in [7, 11) is 1.01. The minimum atomic E-state index is -4.15. The predicted molar refractivity (Wildman–Crippen MR) is 113 cm³/mol. The van der Waals surface area contributed by atoms with Crippen molar-refractivity contribution in [2.45, 2.75) is 70.4 Å². The lowest BCUT2D eigenvalue weighted by Crippen LogP contribution is -2.73. The Balaban J connectivity index is 1.40. The molecule has 6 rings (SSSR count). The van der Waals surface area contributed by atoms with Crippen molar-refractivity contribution in [2.24, 2.45) is 28.6 Å². The zero-order valence-electron chi connectivity index (χ0n) is 19.0. The fourth-order valence-corrected chi connectivity index (χ4v) is 8.48. The second kappa shape index (κ2) is 6.29. The van der Waals surface area contributed by atoms with Crippen molar-refractivity contribution >= 4 is 21.0 Å². The van der Waals surface area contributed by atoms with E-state index in [4.69, 9.17) is 31.0 Å². The Morgan fingerprint density at radius 3 is 2.78 bits per heavy atom. The first-order chi connectivity index (χ1) is 14.9. The molecule has 0 aromatic heterocycles. The Bertz CT molecular complexity index is 977. The molecule has 32 heavy (non-hydrogen) atoms. The van der Waals surface area contributed by atoms with Gasteiger partial charge in [-0.1, -0.05) is 20.8 Å². The Hall–Kier alpha value is -0.695. The highest BCUT2D eigenvalue weighted by atomic mass is 31.2. The number of rotatable bonds is 5. The number of epoxide rings is 1. The standard InChI is InChI=1S/C22H30BO8P/c1-11(2)21-7-14(21)16-22(31-16)19(3)6-5-12-13(8-27-17(12)24)15(19)9-29-20(22,4)18(21)28-10-30-32(23,25)26/h11,14-16,18H,5-10H2,1-4H3,(H,25,26)/t14-,15-,16-,18-,19-,20+,21+,22+/m0/s1. The van der Waals surface area contributed by atoms with Gasteiger partial charge in [-0.25, -0.2) is 4.79 Å². The van der Waals surface area contributed by atoms with E-state index in [0.717, 1.165) is 24.0 Å². The van der Waals surface area contributed by atoms with Gasteiger partial charge >= 0.3 is 5.97 Å². The molecule has 1 N–H and O–H groups in total. The molecule has 10 heteroatoms. The fraction of sp³-hybridized carbons (Fsp3) is 0.864. The van der Waals surface area contributed by atoms with Crippen LogP contribution >= 0.6 is 7.47 Å². The van der Waals surface area contributed by atoms with E-state index in [-0.39, 0.29) is 41.7 Å². The third kappa shape index (κ3) is 2.38. The molecule has 3 heterocycles. The van der Waals surface area contributed by atoms with Crippen LogP contribution in [0.4, 0.5) is 0 Å². The number of hydrogen-bond acceptors (Lipinski definition) is 7. The monoisotopic (exact) mass is 464 g/mol. The Morgan fingerprint density at radius 1 is 1.34 bits per heavy atom. The maximum absolute atomic E-state index is 12.2. The molecular weight excluding hydrogens is 434 g/mol. The second-order valence-corrected chi connectivity index (χ2v) is 12.6. The number of ether oxygens (including phenoxy) is 4. The van der Waals surface area contributed by atoms with Gasteiger partial charge in [-0.3, -0.25) is 9.09 Å². The van der Waals surface area contributed by atoms with Crippen molar-refractivity contribution < 1.29 is 37.7 Å². The molecule has 0 bridgehead atoms. The molecule has 0 aromatic carbocycles. The van der Waals surface area contributed by atoms with Crippen molar-refractivity contribution in [2.75, 3.05) is 20.0 Å². The molecule has 174 valence electrons. The molecule has 2 saturated heterocycles. The van der Waals surface area contributed by atoms with Crippen LogP contribution in [-0.4, -0.2) is 61.8 Å². The number of cyclic esters (lactones) is 1. The van der Waals surface area contributed by atoms with Gasteiger partial charge < -0.3 is 23.8 Å². The van der Waals surface area contributed by atoms with Gasteiger partial charge in [0, 0.05) is 22.3 Å². The molecule has 2 radical (unpaired) electrons. The molecule has 1 unspecified atom stereocenters. The predicted octanol–water partition coefficient (Wildman–Crippen LogP) is 2.49. The minimum Gasteiger partial charge on any atom is -0.458 e. The number of carbonyl (C=O) groups is 1. The maximum atomic E-state index is 12.2. The zero-order valence-corrected chi connectivity index (χ0v) is 19.9. The average molecular weight is 464 g/mol. The van der Waals surface area contributed by atoms with E-state index < -0.39 is 18.7 Å². The molecule has 3 aliphatic heterocycles. The maximum Gasteiger partial charge on any atom is 0.334 e. The Morgan fingerprint density at radius 2 is 2.09 bits per heavy atom. The molecule has 4 fully saturated rings. The fourth-order valence-electron chi connectivity index (χ4n) is 8.27. The quantitative estimate of drug-likeness (QED) is 0.218. The summed E-state index contributed by atoms with van der Waals surface area (Å²) >= 11 is 0. The van der Waals surface area contributed by atoms with Crippen LogP contribution in [-0.2, 0) is 32.8 Å². The van der Waals surface area contributed by atoms with Gasteiger partial charge in [-0.2, -0.15) is 0 Å². The van der Waals surface area contributed by atoms with E-state index in [1.807, 2.05) is 0 Å². The number of hydrogen-bond donors (Lipinski definition) is 1. The highest BCUT2D eigenvalue weighted by Gasteiger charge is 2.92. The first kappa shape index (κ1) is 21.8. The van der Waals surface area contributed by atoms with Crippen LogP contribution in [0.5, 0.6) is 0 Å². The molecule has 1 spiro atoms. The lowest BCUT2D eigenvalue weighted by Gasteiger charge is -2.61. The topological polar surface area (TPSA) is 104 Å². The van der Waals surface area contributed by atoms with Gasteiger partial charge in [-0.15, -0.1) is 0 Å². The first-order valence-electron chi connectivity index (χ1n) is 11.5. The smallest absolute Gasteiger partial charge is 0.334 e. The molecule has 2 saturated carbocycles. The van der Waals surface area contributed by atoms with Gasteiger partial charge in [0.25, 0.3) is 7.47 Å². The van der Waals surface area contributed by atoms with Crippen LogP contribution in [0.1, 0.15) is 47.0 Å². The van der Waals surface area contributed by atoms with E-state index >= 15 is 0 Å². The van der Waals surface area contributed by atoms with E-state index in [1.54, 1.807) is 0 Å². The van der Waals surface area contributed by atoms with Crippen molar-refractivity contribution in [3.63, 3.8) is 0 Å². The second-order valence-electron chi connectivity index (χ2n) is 11.2. The van der Waals surface area contributed by atoms with E-state index in [1.165, 1.54) is 0 Å². The van der Waals surface area contributed by atoms with Gasteiger partial charge in [0.15, 0.2) is 6.79 Å². The SMILES string of the molecule is [B]P(=O)(O)OCO[C@@H]1[C@@]2(C(C)C)C[C@H]2[C@@H]2O[C@@]23[C@@]2(C)CCC4=C(COC4=O)[C@@H]2CO[C@]13C. The molecule has 9 atom stereocenters. The highest BCUT2D eigenvalue weighted by molar-refractivity contribution is 7.78. The third-order valence-electron chi connectivity index (χ3n) is 9.87. The van der Waals surface area contributed by atoms with Gasteiger partial charge in [-0.05, 0) is 43.6 Å². The van der Waals surface area contributed by atoms with Crippen LogP contribution in [0.25, 0.3) is 0 Å². The summed E-state index contributed by atoms with van der Waals surface area (Å²) in [5, 5.41) is 0. The normalized spacial score (nSPS) is 52.2. The van der Waals surface area contributed by atoms with Gasteiger partial charge in [0.05, 0.1) is 18.8 Å². The van der Waals surface area contributed by atoms with E-state index in [2.05, 4.69) is 27.7 Å². The van der Waals surface area contributed by atoms with Crippen LogP contribution < -0.4 is 0 Å². The molecule has 3 aliphatic carbocycles. The summed E-state index contributed by atoms with van der Waals surface area (Å²) in [6.07, 6.45) is 2.16. The molecule has 6 aliphatic rings. The summed E-state index contributed by atoms with van der Waals surface area (Å²) < 4.78 is 41.4. The molecular formula is C22H30BO8P. The first-order valence-corrected chi connectivity index (χ1v) is 13.2. The van der Waals surface area contributed by atoms with E-state index in [9.17, 15) is 14.3 Å². The Kier molecular flexibility index (Phi) is 4.29. The molecule has 0 amide bonds. The van der Waals surface area contributed by atoms with Crippen LogP contribution in [0.2, 0.25) is 0 Å². The minimum absolute atomic E-state index is 0.0553. The molecule has 0 aromatic rings. The van der Waals surface area contributed by atoms with Crippen LogP contribution in [0.15, 0.2) is 11.1 Å². The van der Waals surface area contributed by atoms with Crippen LogP contribution in [0.3, 0.4) is 0 Å². The average Bonchev–Trinajstić information content (AvgIpc) is 3.57. The lowest BCUT2D eigenvalue weighted by atomic mass is 9.49. The zero-order chi connectivity index (χ0) is 22.9. The summed E-state index contributed by atoms with van der Waals surface area (Å²) in [6, 6.07) is 0. The van der Waals surface area contributed by atoms with Crippen molar-refractivity contribution in [1.29, 1.82) is 0 Å². The largest absolute Gasteiger partial charge is 0.458 e. The van der Waals surface area contributed by atoms with Crippen molar-refractivity contribution in [3.05, 3.63) is 11.1 Å². The lowest BCUT2D eigenvalue weighted by molar-refractivity contribution is -0.278. The summed E-state index contributed by atoms with van der Waals surface area (Å²) in [5.74, 6) is 0.500. The number of fused-ring (bicyclic) bond motifs is 4. The summed E-state index contributed by atoms with van der Waals surface area (Å²) in [5.41, 5.74) is 0.185. The third-order valence-corrected chi connectivity index (χ3v) is 10.3. The van der Waals surface area contributed by atoms with Gasteiger partial charge in [0.1, 0.15) is 17.8 Å². The van der Waals surface area contributed by atoms with Crippen LogP contribution in [0, 0.1) is 28.6 Å². The molecule has 8 nitrogen and oxygen atoms in total. The van der Waals surface area contributed by atoms with Gasteiger partial charge in [0.2, 0.25) is 7.57 Å². The van der Waals surface area contributed by atoms with Crippen molar-refractivity contribution in [1.82, 2.24) is 0 Å².